The maximum atomic E-state index is 2.28. The molecule has 75 valence electrons. The van der Waals surface area contributed by atoms with Gasteiger partial charge in [-0.15, -0.1) is 0 Å². The van der Waals surface area contributed by atoms with E-state index in [1.165, 1.54) is 42.0 Å². The minimum atomic E-state index is 1.30. The minimum Gasteiger partial charge on any atom is -0.0616 e. The highest BCUT2D eigenvalue weighted by atomic mass is 14.2. The van der Waals surface area contributed by atoms with Crippen molar-refractivity contribution in [1.82, 2.24) is 0 Å². The summed E-state index contributed by atoms with van der Waals surface area (Å²) < 4.78 is 0. The molecule has 1 aliphatic carbocycles. The van der Waals surface area contributed by atoms with E-state index < -0.39 is 0 Å². The lowest BCUT2D eigenvalue weighted by Gasteiger charge is -2.11. The van der Waals surface area contributed by atoms with Crippen LogP contribution >= 0.6 is 0 Å². The maximum absolute atomic E-state index is 2.28. The Morgan fingerprint density at radius 2 is 1.47 bits per heavy atom. The van der Waals surface area contributed by atoms with E-state index >= 15 is 0 Å². The minimum absolute atomic E-state index is 1.30. The highest BCUT2D eigenvalue weighted by Crippen LogP contribution is 2.36. The summed E-state index contributed by atoms with van der Waals surface area (Å²) in [6, 6.07) is 15.4. The molecule has 0 bridgehead atoms. The Kier molecular flexibility index (Phi) is 2.21. The highest BCUT2D eigenvalue weighted by molar-refractivity contribution is 5.87. The fourth-order valence-electron chi connectivity index (χ4n) is 2.60. The fraction of sp³-hybridized carbons (Fsp3) is 0.267. The van der Waals surface area contributed by atoms with Gasteiger partial charge in [-0.2, -0.15) is 0 Å². The van der Waals surface area contributed by atoms with E-state index in [1.54, 1.807) is 5.92 Å². The number of hydrogen-bond donors (Lipinski definition) is 0. The van der Waals surface area contributed by atoms with Gasteiger partial charge in [0.05, 0.1) is 0 Å². The van der Waals surface area contributed by atoms with Crippen LogP contribution in [-0.2, 0) is 0 Å². The zero-order valence-corrected chi connectivity index (χ0v) is 8.87. The lowest BCUT2D eigenvalue weighted by molar-refractivity contribution is 0.886. The van der Waals surface area contributed by atoms with Crippen LogP contribution in [0.5, 0.6) is 0 Å². The van der Waals surface area contributed by atoms with Gasteiger partial charge in [-0.1, -0.05) is 55.3 Å². The molecule has 2 aromatic carbocycles. The zero-order valence-electron chi connectivity index (χ0n) is 8.87. The normalized spacial score (nSPS) is 17.3. The van der Waals surface area contributed by atoms with Gasteiger partial charge in [0, 0.05) is 5.92 Å². The molecule has 0 N–H and O–H groups in total. The van der Waals surface area contributed by atoms with Gasteiger partial charge in [0.25, 0.3) is 0 Å². The predicted octanol–water partition coefficient (Wildman–Crippen LogP) is 4.34. The van der Waals surface area contributed by atoms with Crippen molar-refractivity contribution in [3.63, 3.8) is 0 Å². The van der Waals surface area contributed by atoms with Crippen LogP contribution in [0.2, 0.25) is 0 Å². The molecule has 0 saturated heterocycles. The molecule has 0 unspecified atom stereocenters. The summed E-state index contributed by atoms with van der Waals surface area (Å²) in [4.78, 5) is 0. The first-order chi connectivity index (χ1) is 7.45. The summed E-state index contributed by atoms with van der Waals surface area (Å²) in [6.07, 6.45) is 5.35. The van der Waals surface area contributed by atoms with Crippen LogP contribution in [0, 0.1) is 5.92 Å². The first-order valence-corrected chi connectivity index (χ1v) is 5.78. The third kappa shape index (κ3) is 1.54. The summed E-state index contributed by atoms with van der Waals surface area (Å²) in [5.74, 6) is 1.66. The predicted molar refractivity (Wildman–Crippen MR) is 64.8 cm³/mol. The molecule has 0 nitrogen and oxygen atoms in total. The maximum Gasteiger partial charge on any atom is 0.00561 e. The molecule has 0 spiro atoms. The second-order valence-corrected chi connectivity index (χ2v) is 4.34. The van der Waals surface area contributed by atoms with E-state index in [9.17, 15) is 0 Å². The van der Waals surface area contributed by atoms with Crippen LogP contribution in [0.1, 0.15) is 31.2 Å². The Bertz CT molecular complexity index is 459. The first kappa shape index (κ1) is 8.96. The lowest BCUT2D eigenvalue weighted by Crippen LogP contribution is -1.94. The molecule has 15 heavy (non-hydrogen) atoms. The van der Waals surface area contributed by atoms with Crippen molar-refractivity contribution in [2.45, 2.75) is 25.7 Å². The van der Waals surface area contributed by atoms with Crippen molar-refractivity contribution < 1.29 is 0 Å². The molecule has 0 amide bonds. The van der Waals surface area contributed by atoms with Crippen molar-refractivity contribution >= 4 is 10.8 Å². The molecular weight excluding hydrogens is 180 g/mol. The van der Waals surface area contributed by atoms with Gasteiger partial charge < -0.3 is 0 Å². The first-order valence-electron chi connectivity index (χ1n) is 5.78. The Morgan fingerprint density at radius 1 is 0.733 bits per heavy atom. The van der Waals surface area contributed by atoms with Crippen LogP contribution < -0.4 is 0 Å². The van der Waals surface area contributed by atoms with Gasteiger partial charge in [0.2, 0.25) is 0 Å². The van der Waals surface area contributed by atoms with E-state index in [1.807, 2.05) is 0 Å². The van der Waals surface area contributed by atoms with Crippen LogP contribution in [0.25, 0.3) is 10.8 Å². The SMILES string of the molecule is c1ccc2c([C]3CCCC3)cccc2c1. The van der Waals surface area contributed by atoms with Crippen molar-refractivity contribution in [3.05, 3.63) is 53.9 Å². The third-order valence-electron chi connectivity index (χ3n) is 3.38. The molecule has 3 rings (SSSR count). The fourth-order valence-corrected chi connectivity index (χ4v) is 2.60. The summed E-state index contributed by atoms with van der Waals surface area (Å²) in [5.41, 5.74) is 1.49. The molecule has 0 heterocycles. The topological polar surface area (TPSA) is 0 Å². The molecule has 1 radical (unpaired) electrons. The van der Waals surface area contributed by atoms with E-state index in [0.717, 1.165) is 0 Å². The summed E-state index contributed by atoms with van der Waals surface area (Å²) >= 11 is 0. The van der Waals surface area contributed by atoms with Crippen molar-refractivity contribution in [2.75, 3.05) is 0 Å². The third-order valence-corrected chi connectivity index (χ3v) is 3.38. The summed E-state index contributed by atoms with van der Waals surface area (Å²) in [5, 5.41) is 2.80. The van der Waals surface area contributed by atoms with Gasteiger partial charge in [-0.25, -0.2) is 0 Å². The molecule has 0 aromatic heterocycles. The Morgan fingerprint density at radius 3 is 2.33 bits per heavy atom. The highest BCUT2D eigenvalue weighted by Gasteiger charge is 2.19. The van der Waals surface area contributed by atoms with Crippen LogP contribution in [-0.4, -0.2) is 0 Å². The van der Waals surface area contributed by atoms with Crippen LogP contribution in [0.4, 0.5) is 0 Å². The van der Waals surface area contributed by atoms with Crippen molar-refractivity contribution in [1.29, 1.82) is 0 Å². The average molecular weight is 195 g/mol. The molecule has 0 atom stereocenters. The van der Waals surface area contributed by atoms with Gasteiger partial charge in [-0.3, -0.25) is 0 Å². The van der Waals surface area contributed by atoms with Gasteiger partial charge in [0.1, 0.15) is 0 Å². The monoisotopic (exact) mass is 195 g/mol. The summed E-state index contributed by atoms with van der Waals surface area (Å²) in [7, 11) is 0. The lowest BCUT2D eigenvalue weighted by atomic mass is 9.92. The molecule has 1 aliphatic rings. The summed E-state index contributed by atoms with van der Waals surface area (Å²) in [6.45, 7) is 0. The molecule has 2 aromatic rings. The smallest absolute Gasteiger partial charge is 0.00561 e. The number of hydrogen-bond acceptors (Lipinski definition) is 0. The Labute approximate surface area is 90.9 Å². The molecule has 0 aliphatic heterocycles. The second kappa shape index (κ2) is 3.69. The molecule has 1 fully saturated rings. The Balaban J connectivity index is 2.16. The zero-order chi connectivity index (χ0) is 10.1. The van der Waals surface area contributed by atoms with Crippen molar-refractivity contribution in [2.24, 2.45) is 0 Å². The van der Waals surface area contributed by atoms with Gasteiger partial charge in [0.15, 0.2) is 0 Å². The van der Waals surface area contributed by atoms with E-state index in [-0.39, 0.29) is 0 Å². The standard InChI is InChI=1S/C15H15/c1-2-7-12(6-1)15-11-5-9-13-8-3-4-10-14(13)15/h3-5,8-11H,1-2,6-7H2. The van der Waals surface area contributed by atoms with Crippen LogP contribution in [0.3, 0.4) is 0 Å². The van der Waals surface area contributed by atoms with E-state index in [4.69, 9.17) is 0 Å². The Hall–Kier alpha value is -1.30. The number of benzene rings is 2. The second-order valence-electron chi connectivity index (χ2n) is 4.34. The number of fused-ring (bicyclic) bond motifs is 1. The van der Waals surface area contributed by atoms with Crippen LogP contribution in [0.15, 0.2) is 42.5 Å². The van der Waals surface area contributed by atoms with E-state index in [0.29, 0.717) is 0 Å². The van der Waals surface area contributed by atoms with Gasteiger partial charge >= 0.3 is 0 Å². The molecule has 1 saturated carbocycles. The largest absolute Gasteiger partial charge is 0.0616 e. The quantitative estimate of drug-likeness (QED) is 0.635. The number of rotatable bonds is 1. The molecule has 0 heteroatoms. The van der Waals surface area contributed by atoms with Gasteiger partial charge in [-0.05, 0) is 29.2 Å². The van der Waals surface area contributed by atoms with Crippen molar-refractivity contribution in [3.8, 4) is 0 Å². The average Bonchev–Trinajstić information content (AvgIpc) is 2.82. The molecular formula is C15H15. The van der Waals surface area contributed by atoms with E-state index in [2.05, 4.69) is 42.5 Å².